The largest absolute Gasteiger partial charge is 0.497 e. The summed E-state index contributed by atoms with van der Waals surface area (Å²) in [6, 6.07) is 17.0. The van der Waals surface area contributed by atoms with Crippen molar-refractivity contribution in [1.82, 2.24) is 10.7 Å². The van der Waals surface area contributed by atoms with Gasteiger partial charge < -0.3 is 10.1 Å². The second-order valence-corrected chi connectivity index (χ2v) is 6.15. The number of hydrogen-bond donors (Lipinski definition) is 2. The maximum Gasteiger partial charge on any atom is 0.253 e. The van der Waals surface area contributed by atoms with Crippen molar-refractivity contribution in [2.75, 3.05) is 13.7 Å². The SMILES string of the molecule is COc1cccc(/C(C)=N\NC(=O)C2C(=O)NCC2c2ccccc2)c1. The van der Waals surface area contributed by atoms with E-state index < -0.39 is 11.8 Å². The molecule has 1 fully saturated rings. The first-order chi connectivity index (χ1) is 12.6. The molecule has 2 atom stereocenters. The Bertz CT molecular complexity index is 833. The van der Waals surface area contributed by atoms with Gasteiger partial charge in [-0.2, -0.15) is 5.10 Å². The molecule has 0 bridgehead atoms. The van der Waals surface area contributed by atoms with Gasteiger partial charge in [-0.3, -0.25) is 9.59 Å². The van der Waals surface area contributed by atoms with Crippen LogP contribution in [0.4, 0.5) is 0 Å². The molecule has 134 valence electrons. The number of carbonyl (C=O) groups excluding carboxylic acids is 2. The minimum absolute atomic E-state index is 0.198. The molecule has 0 aliphatic carbocycles. The zero-order chi connectivity index (χ0) is 18.5. The van der Waals surface area contributed by atoms with Gasteiger partial charge in [-0.1, -0.05) is 42.5 Å². The van der Waals surface area contributed by atoms with Crippen LogP contribution in [0.25, 0.3) is 0 Å². The van der Waals surface area contributed by atoms with Gasteiger partial charge in [-0.25, -0.2) is 5.43 Å². The fourth-order valence-electron chi connectivity index (χ4n) is 3.05. The number of benzene rings is 2. The molecule has 1 aliphatic heterocycles. The smallest absolute Gasteiger partial charge is 0.253 e. The lowest BCUT2D eigenvalue weighted by atomic mass is 9.88. The highest BCUT2D eigenvalue weighted by Crippen LogP contribution is 2.29. The van der Waals surface area contributed by atoms with Gasteiger partial charge in [0.05, 0.1) is 12.8 Å². The predicted molar refractivity (Wildman–Crippen MR) is 99.0 cm³/mol. The Morgan fingerprint density at radius 2 is 1.96 bits per heavy atom. The number of hydrogen-bond acceptors (Lipinski definition) is 4. The lowest BCUT2D eigenvalue weighted by molar-refractivity contribution is -0.133. The molecule has 2 aromatic carbocycles. The molecule has 1 aliphatic rings. The lowest BCUT2D eigenvalue weighted by Gasteiger charge is -2.15. The van der Waals surface area contributed by atoms with E-state index in [0.29, 0.717) is 18.0 Å². The Morgan fingerprint density at radius 3 is 2.69 bits per heavy atom. The van der Waals surface area contributed by atoms with Gasteiger partial charge in [0, 0.05) is 18.0 Å². The van der Waals surface area contributed by atoms with E-state index in [1.165, 1.54) is 0 Å². The Balaban J connectivity index is 1.74. The molecule has 1 heterocycles. The summed E-state index contributed by atoms with van der Waals surface area (Å²) in [6.45, 7) is 2.23. The van der Waals surface area contributed by atoms with Crippen LogP contribution in [-0.4, -0.2) is 31.2 Å². The Hall–Kier alpha value is -3.15. The van der Waals surface area contributed by atoms with Crippen LogP contribution in [0.15, 0.2) is 59.7 Å². The van der Waals surface area contributed by atoms with Crippen molar-refractivity contribution < 1.29 is 14.3 Å². The van der Waals surface area contributed by atoms with Crippen LogP contribution in [0.2, 0.25) is 0 Å². The number of ether oxygens (including phenoxy) is 1. The number of nitrogens with one attached hydrogen (secondary N) is 2. The quantitative estimate of drug-likeness (QED) is 0.492. The molecule has 2 N–H and O–H groups in total. The molecule has 26 heavy (non-hydrogen) atoms. The summed E-state index contributed by atoms with van der Waals surface area (Å²) < 4.78 is 5.19. The number of amides is 2. The number of methoxy groups -OCH3 is 1. The molecule has 3 rings (SSSR count). The third kappa shape index (κ3) is 3.74. The molecular weight excluding hydrogens is 330 g/mol. The van der Waals surface area contributed by atoms with Crippen LogP contribution in [0, 0.1) is 5.92 Å². The summed E-state index contributed by atoms with van der Waals surface area (Å²) in [5.41, 5.74) is 4.96. The normalized spacial score (nSPS) is 19.8. The zero-order valence-corrected chi connectivity index (χ0v) is 14.7. The summed E-state index contributed by atoms with van der Waals surface area (Å²) in [5.74, 6) is -0.959. The van der Waals surface area contributed by atoms with E-state index in [-0.39, 0.29) is 11.8 Å². The van der Waals surface area contributed by atoms with Gasteiger partial charge in [0.25, 0.3) is 5.91 Å². The lowest BCUT2D eigenvalue weighted by Crippen LogP contribution is -2.35. The minimum atomic E-state index is -0.792. The van der Waals surface area contributed by atoms with E-state index in [1.807, 2.05) is 54.6 Å². The van der Waals surface area contributed by atoms with Gasteiger partial charge in [0.1, 0.15) is 11.7 Å². The van der Waals surface area contributed by atoms with Crippen molar-refractivity contribution in [3.63, 3.8) is 0 Å². The summed E-state index contributed by atoms with van der Waals surface area (Å²) >= 11 is 0. The maximum absolute atomic E-state index is 12.6. The number of rotatable bonds is 5. The summed E-state index contributed by atoms with van der Waals surface area (Å²) in [5, 5.41) is 6.93. The number of hydrazone groups is 1. The highest BCUT2D eigenvalue weighted by molar-refractivity contribution is 6.04. The van der Waals surface area contributed by atoms with E-state index >= 15 is 0 Å². The van der Waals surface area contributed by atoms with Crippen molar-refractivity contribution in [1.29, 1.82) is 0 Å². The second-order valence-electron chi connectivity index (χ2n) is 6.15. The fraction of sp³-hybridized carbons (Fsp3) is 0.250. The Morgan fingerprint density at radius 1 is 1.19 bits per heavy atom. The zero-order valence-electron chi connectivity index (χ0n) is 14.7. The van der Waals surface area contributed by atoms with Crippen LogP contribution >= 0.6 is 0 Å². The summed E-state index contributed by atoms with van der Waals surface area (Å²) in [6.07, 6.45) is 0. The van der Waals surface area contributed by atoms with Crippen molar-refractivity contribution in [3.8, 4) is 5.75 Å². The van der Waals surface area contributed by atoms with Gasteiger partial charge in [0.15, 0.2) is 0 Å². The first-order valence-electron chi connectivity index (χ1n) is 8.41. The van der Waals surface area contributed by atoms with E-state index in [0.717, 1.165) is 11.1 Å². The molecule has 0 saturated carbocycles. The fourth-order valence-corrected chi connectivity index (χ4v) is 3.05. The van der Waals surface area contributed by atoms with Crippen molar-refractivity contribution in [2.24, 2.45) is 11.0 Å². The first-order valence-corrected chi connectivity index (χ1v) is 8.41. The molecule has 6 heteroatoms. The van der Waals surface area contributed by atoms with Crippen LogP contribution in [0.3, 0.4) is 0 Å². The van der Waals surface area contributed by atoms with E-state index in [4.69, 9.17) is 4.74 Å². The topological polar surface area (TPSA) is 79.8 Å². The van der Waals surface area contributed by atoms with Crippen LogP contribution in [-0.2, 0) is 9.59 Å². The molecular formula is C20H21N3O3. The number of nitrogens with zero attached hydrogens (tertiary/aromatic N) is 1. The summed E-state index contributed by atoms with van der Waals surface area (Å²) in [7, 11) is 1.59. The maximum atomic E-state index is 12.6. The third-order valence-corrected chi connectivity index (χ3v) is 4.51. The van der Waals surface area contributed by atoms with E-state index in [1.54, 1.807) is 14.0 Å². The number of carbonyl (C=O) groups is 2. The van der Waals surface area contributed by atoms with E-state index in [2.05, 4.69) is 15.8 Å². The average Bonchev–Trinajstić information content (AvgIpc) is 3.08. The van der Waals surface area contributed by atoms with Gasteiger partial charge >= 0.3 is 0 Å². The standard InChI is InChI=1S/C20H21N3O3/c1-13(15-9-6-10-16(11-15)26-2)22-23-20(25)18-17(12-21-19(18)24)14-7-4-3-5-8-14/h3-11,17-18H,12H2,1-2H3,(H,21,24)(H,23,25)/b22-13-. The molecule has 2 aromatic rings. The molecule has 2 unspecified atom stereocenters. The predicted octanol–water partition coefficient (Wildman–Crippen LogP) is 2.07. The Kier molecular flexibility index (Phi) is 5.31. The van der Waals surface area contributed by atoms with Crippen molar-refractivity contribution >= 4 is 17.5 Å². The third-order valence-electron chi connectivity index (χ3n) is 4.51. The van der Waals surface area contributed by atoms with Crippen molar-refractivity contribution in [2.45, 2.75) is 12.8 Å². The highest BCUT2D eigenvalue weighted by Gasteiger charge is 2.40. The van der Waals surface area contributed by atoms with Gasteiger partial charge in [-0.05, 0) is 24.6 Å². The first kappa shape index (κ1) is 17.7. The molecule has 0 spiro atoms. The highest BCUT2D eigenvalue weighted by atomic mass is 16.5. The monoisotopic (exact) mass is 351 g/mol. The van der Waals surface area contributed by atoms with Crippen LogP contribution < -0.4 is 15.5 Å². The molecule has 6 nitrogen and oxygen atoms in total. The molecule has 0 aromatic heterocycles. The molecule has 0 radical (unpaired) electrons. The Labute approximate surface area is 152 Å². The van der Waals surface area contributed by atoms with Crippen LogP contribution in [0.5, 0.6) is 5.75 Å². The van der Waals surface area contributed by atoms with Crippen molar-refractivity contribution in [3.05, 3.63) is 65.7 Å². The average molecular weight is 351 g/mol. The summed E-state index contributed by atoms with van der Waals surface area (Å²) in [4.78, 5) is 24.8. The molecule has 1 saturated heterocycles. The van der Waals surface area contributed by atoms with Gasteiger partial charge in [0.2, 0.25) is 5.91 Å². The molecule has 2 amide bonds. The minimum Gasteiger partial charge on any atom is -0.497 e. The van der Waals surface area contributed by atoms with Crippen LogP contribution in [0.1, 0.15) is 24.0 Å². The second kappa shape index (κ2) is 7.82. The van der Waals surface area contributed by atoms with Gasteiger partial charge in [-0.15, -0.1) is 0 Å². The van der Waals surface area contributed by atoms with E-state index in [9.17, 15) is 9.59 Å².